The molecule has 0 fully saturated rings. The summed E-state index contributed by atoms with van der Waals surface area (Å²) in [5, 5.41) is 2.76. The van der Waals surface area contributed by atoms with Crippen molar-refractivity contribution < 1.29 is 22.7 Å². The Morgan fingerprint density at radius 3 is 2.32 bits per heavy atom. The maximum atomic E-state index is 12.5. The standard InChI is InChI=1S/C23H24N2O5S/c1-2-29-15-16-30-21-10-6-7-18(17-21)23(26)24-19-11-13-22(14-12-19)31(27,28)25-20-8-4-3-5-9-20/h3-14,17,25H,2,15-16H2,1H3,(H,24,26). The van der Waals surface area contributed by atoms with Gasteiger partial charge in [0, 0.05) is 23.5 Å². The first kappa shape index (κ1) is 22.3. The van der Waals surface area contributed by atoms with E-state index in [0.29, 0.717) is 42.5 Å². The Morgan fingerprint density at radius 1 is 0.871 bits per heavy atom. The molecule has 162 valence electrons. The zero-order valence-corrected chi connectivity index (χ0v) is 17.9. The van der Waals surface area contributed by atoms with Crippen LogP contribution in [-0.2, 0) is 14.8 Å². The van der Waals surface area contributed by atoms with Gasteiger partial charge in [-0.3, -0.25) is 9.52 Å². The van der Waals surface area contributed by atoms with E-state index in [1.165, 1.54) is 12.1 Å². The third-order valence-electron chi connectivity index (χ3n) is 4.25. The van der Waals surface area contributed by atoms with E-state index in [-0.39, 0.29) is 10.8 Å². The number of amides is 1. The second kappa shape index (κ2) is 10.6. The number of carbonyl (C=O) groups excluding carboxylic acids is 1. The van der Waals surface area contributed by atoms with Crippen molar-refractivity contribution in [2.24, 2.45) is 0 Å². The van der Waals surface area contributed by atoms with E-state index in [0.717, 1.165) is 0 Å². The third-order valence-corrected chi connectivity index (χ3v) is 5.64. The topological polar surface area (TPSA) is 93.7 Å². The second-order valence-corrected chi connectivity index (χ2v) is 8.21. The first-order valence-corrected chi connectivity index (χ1v) is 11.3. The van der Waals surface area contributed by atoms with Crippen molar-refractivity contribution >= 4 is 27.3 Å². The van der Waals surface area contributed by atoms with Crippen LogP contribution in [0.1, 0.15) is 17.3 Å². The van der Waals surface area contributed by atoms with Gasteiger partial charge in [-0.25, -0.2) is 8.42 Å². The molecular formula is C23H24N2O5S. The van der Waals surface area contributed by atoms with Gasteiger partial charge < -0.3 is 14.8 Å². The molecule has 0 heterocycles. The molecule has 0 aliphatic heterocycles. The van der Waals surface area contributed by atoms with Crippen molar-refractivity contribution in [2.45, 2.75) is 11.8 Å². The molecule has 0 aromatic heterocycles. The van der Waals surface area contributed by atoms with Gasteiger partial charge in [0.2, 0.25) is 0 Å². The first-order chi connectivity index (χ1) is 15.0. The number of rotatable bonds is 10. The highest BCUT2D eigenvalue weighted by atomic mass is 32.2. The Labute approximate surface area is 182 Å². The van der Waals surface area contributed by atoms with Crippen LogP contribution in [0.5, 0.6) is 5.75 Å². The van der Waals surface area contributed by atoms with Gasteiger partial charge in [-0.2, -0.15) is 0 Å². The average Bonchev–Trinajstić information content (AvgIpc) is 2.78. The molecule has 0 spiro atoms. The summed E-state index contributed by atoms with van der Waals surface area (Å²) in [6.45, 7) is 3.40. The predicted molar refractivity (Wildman–Crippen MR) is 120 cm³/mol. The second-order valence-electron chi connectivity index (χ2n) is 6.52. The molecule has 0 saturated heterocycles. The van der Waals surface area contributed by atoms with E-state index < -0.39 is 10.0 Å². The number of hydrogen-bond acceptors (Lipinski definition) is 5. The minimum absolute atomic E-state index is 0.0963. The van der Waals surface area contributed by atoms with Crippen LogP contribution in [0.2, 0.25) is 0 Å². The summed E-state index contributed by atoms with van der Waals surface area (Å²) >= 11 is 0. The lowest BCUT2D eigenvalue weighted by Gasteiger charge is -2.10. The molecule has 8 heteroatoms. The number of carbonyl (C=O) groups is 1. The van der Waals surface area contributed by atoms with Crippen LogP contribution < -0.4 is 14.8 Å². The summed E-state index contributed by atoms with van der Waals surface area (Å²) in [7, 11) is -3.72. The van der Waals surface area contributed by atoms with Crippen LogP contribution in [0.25, 0.3) is 0 Å². The number of para-hydroxylation sites is 1. The van der Waals surface area contributed by atoms with Crippen LogP contribution in [0.4, 0.5) is 11.4 Å². The molecule has 0 saturated carbocycles. The molecule has 2 N–H and O–H groups in total. The monoisotopic (exact) mass is 440 g/mol. The molecule has 0 atom stereocenters. The van der Waals surface area contributed by atoms with E-state index in [1.54, 1.807) is 66.7 Å². The Hall–Kier alpha value is -3.36. The summed E-state index contributed by atoms with van der Waals surface area (Å²) in [5.74, 6) is 0.244. The molecule has 0 bridgehead atoms. The number of nitrogens with one attached hydrogen (secondary N) is 2. The van der Waals surface area contributed by atoms with Gasteiger partial charge in [0.25, 0.3) is 15.9 Å². The quantitative estimate of drug-likeness (QED) is 0.462. The first-order valence-electron chi connectivity index (χ1n) is 9.78. The fraction of sp³-hybridized carbons (Fsp3) is 0.174. The molecule has 0 unspecified atom stereocenters. The SMILES string of the molecule is CCOCCOc1cccc(C(=O)Nc2ccc(S(=O)(=O)Nc3ccccc3)cc2)c1. The molecule has 1 amide bonds. The van der Waals surface area contributed by atoms with Crippen LogP contribution >= 0.6 is 0 Å². The molecule has 3 aromatic rings. The lowest BCUT2D eigenvalue weighted by atomic mass is 10.2. The zero-order valence-electron chi connectivity index (χ0n) is 17.1. The minimum Gasteiger partial charge on any atom is -0.491 e. The van der Waals surface area contributed by atoms with Crippen LogP contribution in [-0.4, -0.2) is 34.1 Å². The number of ether oxygens (including phenoxy) is 2. The number of anilines is 2. The highest BCUT2D eigenvalue weighted by molar-refractivity contribution is 7.92. The lowest BCUT2D eigenvalue weighted by molar-refractivity contribution is 0.102. The van der Waals surface area contributed by atoms with E-state index in [1.807, 2.05) is 6.92 Å². The third kappa shape index (κ3) is 6.56. The Balaban J connectivity index is 1.62. The summed E-state index contributed by atoms with van der Waals surface area (Å²) in [6.07, 6.45) is 0. The molecule has 0 aliphatic carbocycles. The molecule has 0 radical (unpaired) electrons. The Bertz CT molecular complexity index is 1100. The average molecular weight is 441 g/mol. The van der Waals surface area contributed by atoms with E-state index in [4.69, 9.17) is 9.47 Å². The van der Waals surface area contributed by atoms with E-state index in [2.05, 4.69) is 10.0 Å². The molecule has 31 heavy (non-hydrogen) atoms. The Morgan fingerprint density at radius 2 is 1.61 bits per heavy atom. The fourth-order valence-electron chi connectivity index (χ4n) is 2.73. The highest BCUT2D eigenvalue weighted by Gasteiger charge is 2.14. The van der Waals surface area contributed by atoms with Gasteiger partial charge in [-0.15, -0.1) is 0 Å². The lowest BCUT2D eigenvalue weighted by Crippen LogP contribution is -2.14. The summed E-state index contributed by atoms with van der Waals surface area (Å²) in [5.41, 5.74) is 1.38. The molecule has 3 rings (SSSR count). The maximum Gasteiger partial charge on any atom is 0.261 e. The van der Waals surface area contributed by atoms with Gasteiger partial charge in [-0.05, 0) is 61.5 Å². The summed E-state index contributed by atoms with van der Waals surface area (Å²) in [4.78, 5) is 12.6. The van der Waals surface area contributed by atoms with Gasteiger partial charge in [0.15, 0.2) is 0 Å². The van der Waals surface area contributed by atoms with Crippen molar-refractivity contribution in [2.75, 3.05) is 29.9 Å². The zero-order chi connectivity index (χ0) is 22.1. The Kier molecular flexibility index (Phi) is 7.64. The minimum atomic E-state index is -3.72. The largest absolute Gasteiger partial charge is 0.491 e. The predicted octanol–water partition coefficient (Wildman–Crippen LogP) is 4.16. The molecular weight excluding hydrogens is 416 g/mol. The molecule has 3 aromatic carbocycles. The van der Waals surface area contributed by atoms with Crippen molar-refractivity contribution in [3.63, 3.8) is 0 Å². The van der Waals surface area contributed by atoms with Crippen molar-refractivity contribution in [1.82, 2.24) is 0 Å². The molecule has 0 aliphatic rings. The van der Waals surface area contributed by atoms with Crippen LogP contribution in [0.15, 0.2) is 83.8 Å². The van der Waals surface area contributed by atoms with Crippen LogP contribution in [0, 0.1) is 0 Å². The number of benzene rings is 3. The summed E-state index contributed by atoms with van der Waals surface area (Å²) in [6, 6.07) is 21.4. The smallest absolute Gasteiger partial charge is 0.261 e. The van der Waals surface area contributed by atoms with Crippen molar-refractivity contribution in [1.29, 1.82) is 0 Å². The van der Waals surface area contributed by atoms with Crippen molar-refractivity contribution in [3.8, 4) is 5.75 Å². The normalized spacial score (nSPS) is 11.0. The van der Waals surface area contributed by atoms with Crippen molar-refractivity contribution in [3.05, 3.63) is 84.4 Å². The van der Waals surface area contributed by atoms with Gasteiger partial charge in [0.1, 0.15) is 12.4 Å². The highest BCUT2D eigenvalue weighted by Crippen LogP contribution is 2.19. The molecule has 7 nitrogen and oxygen atoms in total. The number of sulfonamides is 1. The van der Waals surface area contributed by atoms with Gasteiger partial charge in [0.05, 0.1) is 11.5 Å². The van der Waals surface area contributed by atoms with E-state index >= 15 is 0 Å². The van der Waals surface area contributed by atoms with Gasteiger partial charge in [-0.1, -0.05) is 24.3 Å². The van der Waals surface area contributed by atoms with Gasteiger partial charge >= 0.3 is 0 Å². The van der Waals surface area contributed by atoms with Crippen LogP contribution in [0.3, 0.4) is 0 Å². The maximum absolute atomic E-state index is 12.5. The van der Waals surface area contributed by atoms with E-state index in [9.17, 15) is 13.2 Å². The number of hydrogen-bond donors (Lipinski definition) is 2. The summed E-state index contributed by atoms with van der Waals surface area (Å²) < 4.78 is 38.3. The fourth-order valence-corrected chi connectivity index (χ4v) is 3.79.